The Kier molecular flexibility index (Phi) is 5.33. The van der Waals surface area contributed by atoms with Crippen molar-refractivity contribution in [2.75, 3.05) is 13.7 Å². The molecule has 2 rings (SSSR count). The molecule has 0 fully saturated rings. The molecule has 2 aromatic carbocycles. The molecule has 0 amide bonds. The molecule has 0 heterocycles. The van der Waals surface area contributed by atoms with Gasteiger partial charge >= 0.3 is 0 Å². The molecule has 0 aliphatic carbocycles. The van der Waals surface area contributed by atoms with Crippen LogP contribution in [0.1, 0.15) is 23.6 Å². The van der Waals surface area contributed by atoms with Gasteiger partial charge < -0.3 is 9.84 Å². The maximum atomic E-state index is 9.17. The number of aliphatic imine (C=N–C) groups is 1. The lowest BCUT2D eigenvalue weighted by Crippen LogP contribution is -1.99. The van der Waals surface area contributed by atoms with Gasteiger partial charge in [0.25, 0.3) is 0 Å². The molecule has 20 heavy (non-hydrogen) atoms. The van der Waals surface area contributed by atoms with Gasteiger partial charge in [0.15, 0.2) is 0 Å². The molecule has 0 saturated heterocycles. The minimum atomic E-state index is -0.0108. The number of hydrogen-bond donors (Lipinski definition) is 1. The SMILES string of the molecule is COc1ccc(C=NC(CCO)c2ccccc2)cc1. The fraction of sp³-hybridized carbons (Fsp3) is 0.235. The van der Waals surface area contributed by atoms with Gasteiger partial charge in [-0.2, -0.15) is 0 Å². The van der Waals surface area contributed by atoms with Crippen molar-refractivity contribution in [3.8, 4) is 5.75 Å². The maximum absolute atomic E-state index is 9.17. The van der Waals surface area contributed by atoms with E-state index in [-0.39, 0.29) is 12.6 Å². The second-order valence-corrected chi connectivity index (χ2v) is 4.49. The predicted molar refractivity (Wildman–Crippen MR) is 81.5 cm³/mol. The van der Waals surface area contributed by atoms with E-state index in [0.29, 0.717) is 6.42 Å². The van der Waals surface area contributed by atoms with Gasteiger partial charge in [-0.1, -0.05) is 30.3 Å². The summed E-state index contributed by atoms with van der Waals surface area (Å²) >= 11 is 0. The summed E-state index contributed by atoms with van der Waals surface area (Å²) in [6, 6.07) is 17.8. The Labute approximate surface area is 119 Å². The lowest BCUT2D eigenvalue weighted by molar-refractivity contribution is 0.277. The summed E-state index contributed by atoms with van der Waals surface area (Å²) in [5.41, 5.74) is 2.14. The molecule has 0 spiro atoms. The second-order valence-electron chi connectivity index (χ2n) is 4.49. The largest absolute Gasteiger partial charge is 0.497 e. The van der Waals surface area contributed by atoms with Crippen molar-refractivity contribution < 1.29 is 9.84 Å². The molecule has 1 atom stereocenters. The molecule has 1 unspecified atom stereocenters. The van der Waals surface area contributed by atoms with Crippen molar-refractivity contribution in [1.29, 1.82) is 0 Å². The van der Waals surface area contributed by atoms with E-state index < -0.39 is 0 Å². The fourth-order valence-corrected chi connectivity index (χ4v) is 1.99. The van der Waals surface area contributed by atoms with Crippen LogP contribution in [0.5, 0.6) is 5.75 Å². The molecule has 1 N–H and O–H groups in total. The summed E-state index contributed by atoms with van der Waals surface area (Å²) in [4.78, 5) is 4.58. The van der Waals surface area contributed by atoms with Crippen LogP contribution >= 0.6 is 0 Å². The summed E-state index contributed by atoms with van der Waals surface area (Å²) < 4.78 is 5.13. The van der Waals surface area contributed by atoms with Gasteiger partial charge in [-0.15, -0.1) is 0 Å². The molecule has 0 aliphatic heterocycles. The number of benzene rings is 2. The first kappa shape index (κ1) is 14.3. The molecule has 0 bridgehead atoms. The average Bonchev–Trinajstić information content (AvgIpc) is 2.53. The standard InChI is InChI=1S/C17H19NO2/c1-20-16-9-7-14(8-10-16)13-18-17(11-12-19)15-5-3-2-4-6-15/h2-10,13,17,19H,11-12H2,1H3. The van der Waals surface area contributed by atoms with Crippen molar-refractivity contribution in [3.63, 3.8) is 0 Å². The van der Waals surface area contributed by atoms with E-state index in [9.17, 15) is 5.11 Å². The van der Waals surface area contributed by atoms with Crippen molar-refractivity contribution in [2.45, 2.75) is 12.5 Å². The van der Waals surface area contributed by atoms with Crippen LogP contribution in [0.15, 0.2) is 59.6 Å². The van der Waals surface area contributed by atoms with E-state index in [4.69, 9.17) is 4.74 Å². The number of hydrogen-bond acceptors (Lipinski definition) is 3. The van der Waals surface area contributed by atoms with Crippen molar-refractivity contribution in [2.24, 2.45) is 4.99 Å². The van der Waals surface area contributed by atoms with E-state index in [1.807, 2.05) is 60.8 Å². The number of aliphatic hydroxyl groups is 1. The first-order valence-corrected chi connectivity index (χ1v) is 6.66. The van der Waals surface area contributed by atoms with Gasteiger partial charge in [-0.3, -0.25) is 4.99 Å². The summed E-state index contributed by atoms with van der Waals surface area (Å²) in [5.74, 6) is 0.831. The average molecular weight is 269 g/mol. The Morgan fingerprint density at radius 3 is 2.40 bits per heavy atom. The van der Waals surface area contributed by atoms with Crippen LogP contribution in [0.25, 0.3) is 0 Å². The normalized spacial score (nSPS) is 12.5. The highest BCUT2D eigenvalue weighted by atomic mass is 16.5. The fourth-order valence-electron chi connectivity index (χ4n) is 1.99. The Balaban J connectivity index is 2.12. The molecule has 2 aromatic rings. The van der Waals surface area contributed by atoms with Crippen molar-refractivity contribution in [3.05, 3.63) is 65.7 Å². The number of rotatable bonds is 6. The number of aliphatic hydroxyl groups excluding tert-OH is 1. The van der Waals surface area contributed by atoms with Gasteiger partial charge in [-0.25, -0.2) is 0 Å². The van der Waals surface area contributed by atoms with Gasteiger partial charge in [-0.05, 0) is 41.8 Å². The zero-order valence-electron chi connectivity index (χ0n) is 11.6. The highest BCUT2D eigenvalue weighted by molar-refractivity contribution is 5.80. The molecule has 0 aromatic heterocycles. The van der Waals surface area contributed by atoms with Gasteiger partial charge in [0.1, 0.15) is 5.75 Å². The quantitative estimate of drug-likeness (QED) is 0.818. The highest BCUT2D eigenvalue weighted by Gasteiger charge is 2.07. The van der Waals surface area contributed by atoms with Crippen LogP contribution in [-0.4, -0.2) is 25.0 Å². The molecule has 0 radical (unpaired) electrons. The Bertz CT molecular complexity index is 535. The summed E-state index contributed by atoms with van der Waals surface area (Å²) in [6.45, 7) is 0.125. The van der Waals surface area contributed by atoms with E-state index in [0.717, 1.165) is 16.9 Å². The first-order chi connectivity index (χ1) is 9.83. The third-order valence-electron chi connectivity index (χ3n) is 3.11. The molecule has 3 nitrogen and oxygen atoms in total. The van der Waals surface area contributed by atoms with Crippen LogP contribution in [0.4, 0.5) is 0 Å². The van der Waals surface area contributed by atoms with Crippen LogP contribution in [-0.2, 0) is 0 Å². The lowest BCUT2D eigenvalue weighted by Gasteiger charge is -2.11. The van der Waals surface area contributed by atoms with E-state index in [1.165, 1.54) is 0 Å². The molecule has 3 heteroatoms. The lowest BCUT2D eigenvalue weighted by atomic mass is 10.0. The van der Waals surface area contributed by atoms with Crippen molar-refractivity contribution >= 4 is 6.21 Å². The van der Waals surface area contributed by atoms with Crippen LogP contribution in [0, 0.1) is 0 Å². The first-order valence-electron chi connectivity index (χ1n) is 6.66. The Morgan fingerprint density at radius 1 is 1.10 bits per heavy atom. The van der Waals surface area contributed by atoms with E-state index in [2.05, 4.69) is 4.99 Å². The van der Waals surface area contributed by atoms with Crippen LogP contribution < -0.4 is 4.74 Å². The zero-order valence-corrected chi connectivity index (χ0v) is 11.6. The molecule has 0 aliphatic rings. The minimum absolute atomic E-state index is 0.0108. The second kappa shape index (κ2) is 7.46. The third-order valence-corrected chi connectivity index (χ3v) is 3.11. The number of ether oxygens (including phenoxy) is 1. The van der Waals surface area contributed by atoms with Crippen LogP contribution in [0.3, 0.4) is 0 Å². The summed E-state index contributed by atoms with van der Waals surface area (Å²) in [7, 11) is 1.65. The molecular weight excluding hydrogens is 250 g/mol. The maximum Gasteiger partial charge on any atom is 0.118 e. The predicted octanol–water partition coefficient (Wildman–Crippen LogP) is 3.24. The summed E-state index contributed by atoms with van der Waals surface area (Å²) in [6.07, 6.45) is 2.46. The smallest absolute Gasteiger partial charge is 0.118 e. The third kappa shape index (κ3) is 3.93. The number of nitrogens with zero attached hydrogens (tertiary/aromatic N) is 1. The van der Waals surface area contributed by atoms with Gasteiger partial charge in [0.2, 0.25) is 0 Å². The van der Waals surface area contributed by atoms with Crippen molar-refractivity contribution in [1.82, 2.24) is 0 Å². The highest BCUT2D eigenvalue weighted by Crippen LogP contribution is 2.20. The molecular formula is C17H19NO2. The Hall–Kier alpha value is -2.13. The minimum Gasteiger partial charge on any atom is -0.497 e. The molecule has 104 valence electrons. The van der Waals surface area contributed by atoms with Crippen LogP contribution in [0.2, 0.25) is 0 Å². The van der Waals surface area contributed by atoms with Gasteiger partial charge in [0.05, 0.1) is 13.2 Å². The van der Waals surface area contributed by atoms with E-state index in [1.54, 1.807) is 7.11 Å². The van der Waals surface area contributed by atoms with E-state index >= 15 is 0 Å². The molecule has 0 saturated carbocycles. The van der Waals surface area contributed by atoms with Gasteiger partial charge in [0, 0.05) is 12.8 Å². The number of methoxy groups -OCH3 is 1. The monoisotopic (exact) mass is 269 g/mol. The summed E-state index contributed by atoms with van der Waals surface area (Å²) in [5, 5.41) is 9.17. The Morgan fingerprint density at radius 2 is 1.80 bits per heavy atom. The topological polar surface area (TPSA) is 41.8 Å². The zero-order chi connectivity index (χ0) is 14.2.